The van der Waals surface area contributed by atoms with Crippen LogP contribution in [-0.4, -0.2) is 25.6 Å². The van der Waals surface area contributed by atoms with Crippen LogP contribution >= 0.6 is 0 Å². The van der Waals surface area contributed by atoms with E-state index in [9.17, 15) is 13.2 Å². The number of hydrogen-bond acceptors (Lipinski definition) is 3. The second-order valence-corrected chi connectivity index (χ2v) is 8.42. The number of benzene rings is 1. The minimum absolute atomic E-state index is 0.0453. The largest absolute Gasteiger partial charge is 0.351 e. The first kappa shape index (κ1) is 15.0. The highest BCUT2D eigenvalue weighted by Crippen LogP contribution is 2.26. The van der Waals surface area contributed by atoms with Gasteiger partial charge in [-0.15, -0.1) is 0 Å². The van der Waals surface area contributed by atoms with Crippen molar-refractivity contribution in [3.05, 3.63) is 29.3 Å². The summed E-state index contributed by atoms with van der Waals surface area (Å²) in [6.45, 7) is 5.80. The van der Waals surface area contributed by atoms with Crippen molar-refractivity contribution in [2.45, 2.75) is 50.5 Å². The summed E-state index contributed by atoms with van der Waals surface area (Å²) in [5, 5.41) is 2.91. The van der Waals surface area contributed by atoms with E-state index in [2.05, 4.69) is 5.32 Å². The van der Waals surface area contributed by atoms with Gasteiger partial charge in [0.15, 0.2) is 9.84 Å². The summed E-state index contributed by atoms with van der Waals surface area (Å²) in [5.41, 5.74) is 1.45. The van der Waals surface area contributed by atoms with Crippen LogP contribution in [0.5, 0.6) is 0 Å². The Hall–Kier alpha value is -1.36. The maximum Gasteiger partial charge on any atom is 0.224 e. The quantitative estimate of drug-likeness (QED) is 0.906. The first-order valence-corrected chi connectivity index (χ1v) is 8.48. The fourth-order valence-electron chi connectivity index (χ4n) is 2.45. The zero-order chi connectivity index (χ0) is 15.0. The van der Waals surface area contributed by atoms with E-state index in [0.29, 0.717) is 11.3 Å². The van der Waals surface area contributed by atoms with Crippen LogP contribution in [-0.2, 0) is 27.5 Å². The van der Waals surface area contributed by atoms with Crippen molar-refractivity contribution < 1.29 is 13.2 Å². The second-order valence-electron chi connectivity index (χ2n) is 6.34. The smallest absolute Gasteiger partial charge is 0.224 e. The van der Waals surface area contributed by atoms with Gasteiger partial charge in [-0.2, -0.15) is 0 Å². The average molecular weight is 295 g/mol. The van der Waals surface area contributed by atoms with Gasteiger partial charge in [-0.1, -0.05) is 12.1 Å². The number of fused-ring (bicyclic) bond motifs is 1. The third kappa shape index (κ3) is 3.60. The Morgan fingerprint density at radius 3 is 2.65 bits per heavy atom. The second kappa shape index (κ2) is 5.20. The third-order valence-corrected chi connectivity index (χ3v) is 5.09. The minimum Gasteiger partial charge on any atom is -0.351 e. The summed E-state index contributed by atoms with van der Waals surface area (Å²) in [6.07, 6.45) is 1.71. The van der Waals surface area contributed by atoms with Gasteiger partial charge in [0.25, 0.3) is 0 Å². The van der Waals surface area contributed by atoms with E-state index >= 15 is 0 Å². The van der Waals surface area contributed by atoms with E-state index in [1.807, 2.05) is 26.8 Å². The van der Waals surface area contributed by atoms with Gasteiger partial charge in [-0.3, -0.25) is 4.79 Å². The molecule has 20 heavy (non-hydrogen) atoms. The molecule has 110 valence electrons. The Balaban J connectivity index is 2.18. The number of aryl methyl sites for hydroxylation is 1. The Morgan fingerprint density at radius 2 is 2.00 bits per heavy atom. The molecule has 4 nitrogen and oxygen atoms in total. The van der Waals surface area contributed by atoms with Gasteiger partial charge in [0.1, 0.15) is 0 Å². The normalized spacial score (nSPS) is 17.4. The van der Waals surface area contributed by atoms with Crippen LogP contribution < -0.4 is 5.32 Å². The fraction of sp³-hybridized carbons (Fsp3) is 0.533. The average Bonchev–Trinajstić information content (AvgIpc) is 2.25. The van der Waals surface area contributed by atoms with Crippen molar-refractivity contribution >= 4 is 15.7 Å². The number of sulfone groups is 1. The fourth-order valence-corrected chi connectivity index (χ4v) is 4.03. The maximum absolute atomic E-state index is 11.9. The molecule has 5 heteroatoms. The molecule has 1 N–H and O–H groups in total. The molecule has 1 heterocycles. The lowest BCUT2D eigenvalue weighted by Gasteiger charge is -2.21. The Morgan fingerprint density at radius 1 is 1.30 bits per heavy atom. The first-order valence-electron chi connectivity index (χ1n) is 6.83. The standard InChI is InChI=1S/C15H21NO3S/c1-15(2,3)16-14(17)10-11-6-7-13-12(9-11)5-4-8-20(13,18)19/h6-7,9H,4-5,8,10H2,1-3H3,(H,16,17). The topological polar surface area (TPSA) is 63.2 Å². The molecule has 2 rings (SSSR count). The van der Waals surface area contributed by atoms with E-state index in [4.69, 9.17) is 0 Å². The van der Waals surface area contributed by atoms with Crippen LogP contribution in [0.4, 0.5) is 0 Å². The molecule has 0 saturated heterocycles. The van der Waals surface area contributed by atoms with Crippen molar-refractivity contribution in [1.29, 1.82) is 0 Å². The van der Waals surface area contributed by atoms with E-state index < -0.39 is 9.84 Å². The van der Waals surface area contributed by atoms with Crippen molar-refractivity contribution in [2.24, 2.45) is 0 Å². The van der Waals surface area contributed by atoms with Crippen LogP contribution in [0.3, 0.4) is 0 Å². The van der Waals surface area contributed by atoms with Gasteiger partial charge < -0.3 is 5.32 Å². The molecule has 1 aliphatic heterocycles. The summed E-state index contributed by atoms with van der Waals surface area (Å²) in [6, 6.07) is 5.24. The van der Waals surface area contributed by atoms with Gasteiger partial charge in [0.05, 0.1) is 17.1 Å². The number of hydrogen-bond donors (Lipinski definition) is 1. The molecule has 1 amide bonds. The molecule has 0 radical (unpaired) electrons. The molecular formula is C15H21NO3S. The molecule has 0 fully saturated rings. The van der Waals surface area contributed by atoms with Crippen LogP contribution in [0.15, 0.2) is 23.1 Å². The summed E-state index contributed by atoms with van der Waals surface area (Å²) >= 11 is 0. The molecule has 0 atom stereocenters. The van der Waals surface area contributed by atoms with Gasteiger partial charge >= 0.3 is 0 Å². The third-order valence-electron chi connectivity index (χ3n) is 3.20. The van der Waals surface area contributed by atoms with Crippen molar-refractivity contribution in [1.82, 2.24) is 5.32 Å². The number of nitrogens with one attached hydrogen (secondary N) is 1. The monoisotopic (exact) mass is 295 g/mol. The molecular weight excluding hydrogens is 274 g/mol. The Labute approximate surface area is 120 Å². The summed E-state index contributed by atoms with van der Waals surface area (Å²) < 4.78 is 23.8. The van der Waals surface area contributed by atoms with Crippen molar-refractivity contribution in [2.75, 3.05) is 5.75 Å². The molecule has 1 aromatic rings. The van der Waals surface area contributed by atoms with Crippen LogP contribution in [0.2, 0.25) is 0 Å². The Kier molecular flexibility index (Phi) is 3.91. The Bertz CT molecular complexity index is 627. The SMILES string of the molecule is CC(C)(C)NC(=O)Cc1ccc2c(c1)CCCS2(=O)=O. The van der Waals surface area contributed by atoms with Crippen LogP contribution in [0.25, 0.3) is 0 Å². The van der Waals surface area contributed by atoms with Gasteiger partial charge in [0.2, 0.25) is 5.91 Å². The number of rotatable bonds is 2. The highest BCUT2D eigenvalue weighted by molar-refractivity contribution is 7.91. The highest BCUT2D eigenvalue weighted by atomic mass is 32.2. The van der Waals surface area contributed by atoms with E-state index in [1.54, 1.807) is 12.1 Å². The highest BCUT2D eigenvalue weighted by Gasteiger charge is 2.23. The molecule has 0 spiro atoms. The zero-order valence-corrected chi connectivity index (χ0v) is 13.0. The molecule has 0 unspecified atom stereocenters. The first-order chi connectivity index (χ1) is 9.17. The molecule has 0 saturated carbocycles. The predicted molar refractivity (Wildman–Crippen MR) is 78.4 cm³/mol. The summed E-state index contributed by atoms with van der Waals surface area (Å²) in [7, 11) is -3.12. The van der Waals surface area contributed by atoms with Crippen LogP contribution in [0, 0.1) is 0 Å². The molecule has 0 aliphatic carbocycles. The van der Waals surface area contributed by atoms with E-state index in [1.165, 1.54) is 0 Å². The number of carbonyl (C=O) groups is 1. The van der Waals surface area contributed by atoms with E-state index in [0.717, 1.165) is 17.5 Å². The lowest BCUT2D eigenvalue weighted by atomic mass is 10.0. The minimum atomic E-state index is -3.12. The van der Waals surface area contributed by atoms with Crippen LogP contribution in [0.1, 0.15) is 38.3 Å². The van der Waals surface area contributed by atoms with Gasteiger partial charge in [0, 0.05) is 5.54 Å². The predicted octanol–water partition coefficient (Wildman–Crippen LogP) is 1.86. The van der Waals surface area contributed by atoms with Crippen molar-refractivity contribution in [3.8, 4) is 0 Å². The summed E-state index contributed by atoms with van der Waals surface area (Å²) in [4.78, 5) is 12.3. The van der Waals surface area contributed by atoms with Gasteiger partial charge in [-0.05, 0) is 50.8 Å². The van der Waals surface area contributed by atoms with Crippen molar-refractivity contribution in [3.63, 3.8) is 0 Å². The lowest BCUT2D eigenvalue weighted by molar-refractivity contribution is -0.121. The number of amides is 1. The molecule has 1 aliphatic rings. The molecule has 1 aromatic carbocycles. The molecule has 0 aromatic heterocycles. The number of carbonyl (C=O) groups excluding carboxylic acids is 1. The summed E-state index contributed by atoms with van der Waals surface area (Å²) in [5.74, 6) is 0.181. The van der Waals surface area contributed by atoms with E-state index in [-0.39, 0.29) is 23.6 Å². The zero-order valence-electron chi connectivity index (χ0n) is 12.2. The lowest BCUT2D eigenvalue weighted by Crippen LogP contribution is -2.41. The maximum atomic E-state index is 11.9. The molecule has 0 bridgehead atoms. The van der Waals surface area contributed by atoms with Gasteiger partial charge in [-0.25, -0.2) is 8.42 Å².